The molecule has 0 spiro atoms. The molecule has 1 aromatic carbocycles. The number of benzene rings is 1. The highest BCUT2D eigenvalue weighted by Crippen LogP contribution is 2.28. The zero-order valence-electron chi connectivity index (χ0n) is 12.1. The van der Waals surface area contributed by atoms with Gasteiger partial charge >= 0.3 is 0 Å². The fraction of sp³-hybridized carbons (Fsp3) is 0.312. The first-order chi connectivity index (χ1) is 10.1. The average molecular weight is 370 g/mol. The van der Waals surface area contributed by atoms with Crippen molar-refractivity contribution in [3.05, 3.63) is 57.3 Å². The van der Waals surface area contributed by atoms with E-state index in [1.807, 2.05) is 24.3 Å². The molecule has 2 rings (SSSR count). The van der Waals surface area contributed by atoms with Crippen LogP contribution in [0.15, 0.2) is 41.1 Å². The highest BCUT2D eigenvalue weighted by Gasteiger charge is 2.08. The predicted molar refractivity (Wildman–Crippen MR) is 89.8 cm³/mol. The van der Waals surface area contributed by atoms with Crippen LogP contribution in [-0.4, -0.2) is 11.5 Å². The number of pyridine rings is 1. The summed E-state index contributed by atoms with van der Waals surface area (Å²) in [6.45, 7) is 5.56. The first kappa shape index (κ1) is 16.3. The molecule has 2 aromatic rings. The summed E-state index contributed by atoms with van der Waals surface area (Å²) in [4.78, 5) is 4.11. The van der Waals surface area contributed by atoms with Crippen molar-refractivity contribution in [2.45, 2.75) is 26.5 Å². The number of nitrogens with one attached hydrogen (secondary N) is 1. The van der Waals surface area contributed by atoms with Crippen molar-refractivity contribution >= 4 is 27.5 Å². The molecule has 1 atom stereocenters. The van der Waals surface area contributed by atoms with Crippen LogP contribution in [0.2, 0.25) is 5.02 Å². The molecule has 5 heteroatoms. The molecule has 0 saturated heterocycles. The number of ether oxygens (including phenoxy) is 1. The van der Waals surface area contributed by atoms with Gasteiger partial charge in [-0.25, -0.2) is 0 Å². The van der Waals surface area contributed by atoms with E-state index in [4.69, 9.17) is 16.3 Å². The van der Waals surface area contributed by atoms with Crippen molar-refractivity contribution in [3.63, 3.8) is 0 Å². The second-order valence-electron chi connectivity index (χ2n) is 4.77. The largest absolute Gasteiger partial charge is 0.487 e. The molecular weight excluding hydrogens is 352 g/mol. The van der Waals surface area contributed by atoms with Gasteiger partial charge in [0.05, 0.1) is 5.02 Å². The minimum absolute atomic E-state index is 0.274. The van der Waals surface area contributed by atoms with E-state index in [2.05, 4.69) is 40.1 Å². The van der Waals surface area contributed by atoms with Gasteiger partial charge < -0.3 is 10.1 Å². The van der Waals surface area contributed by atoms with Crippen LogP contribution in [0, 0.1) is 0 Å². The molecule has 21 heavy (non-hydrogen) atoms. The van der Waals surface area contributed by atoms with Gasteiger partial charge in [0.15, 0.2) is 0 Å². The lowest BCUT2D eigenvalue weighted by Crippen LogP contribution is -2.17. The molecule has 0 fully saturated rings. The van der Waals surface area contributed by atoms with Crippen molar-refractivity contribution < 1.29 is 4.74 Å². The highest BCUT2D eigenvalue weighted by molar-refractivity contribution is 9.10. The van der Waals surface area contributed by atoms with Gasteiger partial charge in [0, 0.05) is 28.5 Å². The molecule has 1 unspecified atom stereocenters. The fourth-order valence-corrected chi connectivity index (χ4v) is 2.68. The zero-order chi connectivity index (χ0) is 15.2. The first-order valence-corrected chi connectivity index (χ1v) is 8.02. The second kappa shape index (κ2) is 7.78. The van der Waals surface area contributed by atoms with E-state index in [1.165, 1.54) is 0 Å². The van der Waals surface area contributed by atoms with Crippen molar-refractivity contribution in [1.82, 2.24) is 10.3 Å². The summed E-state index contributed by atoms with van der Waals surface area (Å²) >= 11 is 9.69. The summed E-state index contributed by atoms with van der Waals surface area (Å²) in [5.74, 6) is 0.684. The van der Waals surface area contributed by atoms with E-state index in [9.17, 15) is 0 Å². The normalized spacial score (nSPS) is 12.2. The summed E-state index contributed by atoms with van der Waals surface area (Å²) in [6, 6.07) is 8.15. The molecule has 0 bridgehead atoms. The average Bonchev–Trinajstić information content (AvgIpc) is 2.46. The predicted octanol–water partition coefficient (Wildman–Crippen LogP) is 4.75. The molecule has 0 saturated carbocycles. The topological polar surface area (TPSA) is 34.1 Å². The molecule has 0 aliphatic heterocycles. The Bertz CT molecular complexity index is 607. The summed E-state index contributed by atoms with van der Waals surface area (Å²) in [5.41, 5.74) is 2.14. The Morgan fingerprint density at radius 3 is 2.81 bits per heavy atom. The zero-order valence-corrected chi connectivity index (χ0v) is 14.4. The fourth-order valence-electron chi connectivity index (χ4n) is 2.02. The molecule has 1 N–H and O–H groups in total. The minimum atomic E-state index is 0.274. The monoisotopic (exact) mass is 368 g/mol. The Morgan fingerprint density at radius 1 is 1.33 bits per heavy atom. The number of rotatable bonds is 6. The van der Waals surface area contributed by atoms with Crippen LogP contribution in [0.4, 0.5) is 0 Å². The molecule has 0 aliphatic rings. The maximum Gasteiger partial charge on any atom is 0.138 e. The molecule has 3 nitrogen and oxygen atoms in total. The van der Waals surface area contributed by atoms with E-state index in [0.717, 1.165) is 22.1 Å². The third-order valence-corrected chi connectivity index (χ3v) is 3.85. The lowest BCUT2D eigenvalue weighted by Gasteiger charge is -2.15. The maximum absolute atomic E-state index is 6.29. The van der Waals surface area contributed by atoms with Crippen LogP contribution in [0.5, 0.6) is 5.75 Å². The molecular formula is C16H18BrClN2O. The van der Waals surface area contributed by atoms with Gasteiger partial charge in [-0.2, -0.15) is 0 Å². The summed E-state index contributed by atoms with van der Waals surface area (Å²) in [6.07, 6.45) is 3.52. The van der Waals surface area contributed by atoms with Crippen molar-refractivity contribution in [2.75, 3.05) is 6.54 Å². The van der Waals surface area contributed by atoms with Gasteiger partial charge in [-0.1, -0.05) is 24.6 Å². The molecule has 0 radical (unpaired) electrons. The minimum Gasteiger partial charge on any atom is -0.487 e. The van der Waals surface area contributed by atoms with Gasteiger partial charge in [0.25, 0.3) is 0 Å². The van der Waals surface area contributed by atoms with Crippen molar-refractivity contribution in [1.29, 1.82) is 0 Å². The number of hydrogen-bond acceptors (Lipinski definition) is 3. The van der Waals surface area contributed by atoms with Crippen LogP contribution >= 0.6 is 27.5 Å². The lowest BCUT2D eigenvalue weighted by molar-refractivity contribution is 0.305. The number of halogens is 2. The quantitative estimate of drug-likeness (QED) is 0.798. The highest BCUT2D eigenvalue weighted by atomic mass is 79.9. The van der Waals surface area contributed by atoms with E-state index in [0.29, 0.717) is 17.4 Å². The van der Waals surface area contributed by atoms with Crippen LogP contribution in [0.3, 0.4) is 0 Å². The molecule has 1 heterocycles. The molecule has 0 aliphatic carbocycles. The summed E-state index contributed by atoms with van der Waals surface area (Å²) in [5, 5.41) is 3.98. The summed E-state index contributed by atoms with van der Waals surface area (Å²) < 4.78 is 6.69. The second-order valence-corrected chi connectivity index (χ2v) is 6.09. The Kier molecular flexibility index (Phi) is 6.03. The standard InChI is InChI=1S/C16H18BrClN2O/c1-3-20-11(2)13-4-5-16(15(18)7-13)21-10-12-6-14(17)9-19-8-12/h4-9,11,20H,3,10H2,1-2H3. The number of hydrogen-bond donors (Lipinski definition) is 1. The van der Waals surface area contributed by atoms with E-state index in [1.54, 1.807) is 12.4 Å². The Hall–Kier alpha value is -1.10. The Balaban J connectivity index is 2.04. The third kappa shape index (κ3) is 4.70. The van der Waals surface area contributed by atoms with Gasteiger partial charge in [0.1, 0.15) is 12.4 Å². The Labute approximate surface area is 138 Å². The van der Waals surface area contributed by atoms with Crippen LogP contribution < -0.4 is 10.1 Å². The van der Waals surface area contributed by atoms with E-state index >= 15 is 0 Å². The first-order valence-electron chi connectivity index (χ1n) is 6.85. The van der Waals surface area contributed by atoms with Crippen molar-refractivity contribution in [3.8, 4) is 5.75 Å². The van der Waals surface area contributed by atoms with Gasteiger partial charge in [-0.15, -0.1) is 0 Å². The third-order valence-electron chi connectivity index (χ3n) is 3.12. The van der Waals surface area contributed by atoms with Gasteiger partial charge in [-0.05, 0) is 53.2 Å². The van der Waals surface area contributed by atoms with Gasteiger partial charge in [0.2, 0.25) is 0 Å². The smallest absolute Gasteiger partial charge is 0.138 e. The number of aromatic nitrogens is 1. The van der Waals surface area contributed by atoms with Crippen LogP contribution in [0.1, 0.15) is 31.0 Å². The van der Waals surface area contributed by atoms with Gasteiger partial charge in [-0.3, -0.25) is 4.98 Å². The van der Waals surface area contributed by atoms with E-state index < -0.39 is 0 Å². The van der Waals surface area contributed by atoms with Crippen LogP contribution in [-0.2, 0) is 6.61 Å². The maximum atomic E-state index is 6.29. The molecule has 112 valence electrons. The lowest BCUT2D eigenvalue weighted by atomic mass is 10.1. The molecule has 0 amide bonds. The Morgan fingerprint density at radius 2 is 2.14 bits per heavy atom. The molecule has 1 aromatic heterocycles. The van der Waals surface area contributed by atoms with Crippen molar-refractivity contribution in [2.24, 2.45) is 0 Å². The summed E-state index contributed by atoms with van der Waals surface area (Å²) in [7, 11) is 0. The SMILES string of the molecule is CCNC(C)c1ccc(OCc2cncc(Br)c2)c(Cl)c1. The van der Waals surface area contributed by atoms with E-state index in [-0.39, 0.29) is 6.04 Å². The van der Waals surface area contributed by atoms with Crippen LogP contribution in [0.25, 0.3) is 0 Å². The number of nitrogens with zero attached hydrogens (tertiary/aromatic N) is 1.